The molecule has 0 aliphatic rings. The summed E-state index contributed by atoms with van der Waals surface area (Å²) >= 11 is 0. The lowest BCUT2D eigenvalue weighted by molar-refractivity contribution is 0.927. The Morgan fingerprint density at radius 3 is 1.46 bits per heavy atom. The summed E-state index contributed by atoms with van der Waals surface area (Å²) in [5.41, 5.74) is 2.94. The van der Waals surface area contributed by atoms with Crippen LogP contribution in [0.25, 0.3) is 34.2 Å². The van der Waals surface area contributed by atoms with E-state index in [1.165, 1.54) is 0 Å². The van der Waals surface area contributed by atoms with E-state index in [2.05, 4.69) is 15.0 Å². The summed E-state index contributed by atoms with van der Waals surface area (Å²) in [4.78, 5) is 14.0. The summed E-state index contributed by atoms with van der Waals surface area (Å²) < 4.78 is 1.99. The Morgan fingerprint density at radius 2 is 1.04 bits per heavy atom. The number of hydrogen-bond donors (Lipinski definition) is 0. The zero-order valence-electron chi connectivity index (χ0n) is 13.3. The van der Waals surface area contributed by atoms with Gasteiger partial charge in [-0.05, 0) is 6.07 Å². The SMILES string of the molecule is Cn1ccc(-c2nc(-c3ccccc3)nc(-c3ccccc3)n2)c1. The molecule has 0 aliphatic heterocycles. The van der Waals surface area contributed by atoms with Crippen molar-refractivity contribution in [2.24, 2.45) is 7.05 Å². The molecule has 0 amide bonds. The molecule has 2 heterocycles. The van der Waals surface area contributed by atoms with Crippen molar-refractivity contribution in [2.45, 2.75) is 0 Å². The van der Waals surface area contributed by atoms with Crippen molar-refractivity contribution in [1.29, 1.82) is 0 Å². The Morgan fingerprint density at radius 1 is 0.583 bits per heavy atom. The maximum absolute atomic E-state index is 4.68. The fraction of sp³-hybridized carbons (Fsp3) is 0.0500. The predicted molar refractivity (Wildman–Crippen MR) is 95.1 cm³/mol. The summed E-state index contributed by atoms with van der Waals surface area (Å²) in [6.07, 6.45) is 4.00. The quantitative estimate of drug-likeness (QED) is 0.569. The Labute approximate surface area is 140 Å². The van der Waals surface area contributed by atoms with Gasteiger partial charge < -0.3 is 4.57 Å². The van der Waals surface area contributed by atoms with Crippen LogP contribution >= 0.6 is 0 Å². The highest BCUT2D eigenvalue weighted by Crippen LogP contribution is 2.24. The van der Waals surface area contributed by atoms with Gasteiger partial charge in [0.05, 0.1) is 0 Å². The molecule has 0 radical (unpaired) electrons. The van der Waals surface area contributed by atoms with E-state index in [4.69, 9.17) is 0 Å². The topological polar surface area (TPSA) is 43.6 Å². The number of benzene rings is 2. The fourth-order valence-electron chi connectivity index (χ4n) is 2.57. The maximum atomic E-state index is 4.68. The summed E-state index contributed by atoms with van der Waals surface area (Å²) in [6.45, 7) is 0. The molecule has 0 saturated heterocycles. The minimum Gasteiger partial charge on any atom is -0.357 e. The van der Waals surface area contributed by atoms with Crippen molar-refractivity contribution in [3.8, 4) is 34.2 Å². The fourth-order valence-corrected chi connectivity index (χ4v) is 2.57. The van der Waals surface area contributed by atoms with E-state index in [-0.39, 0.29) is 0 Å². The van der Waals surface area contributed by atoms with Crippen LogP contribution in [0.2, 0.25) is 0 Å². The molecular formula is C20H16N4. The standard InChI is InChI=1S/C20H16N4/c1-24-13-12-17(14-24)20-22-18(15-8-4-2-5-9-15)21-19(23-20)16-10-6-3-7-11-16/h2-14H,1H3. The van der Waals surface area contributed by atoms with Crippen molar-refractivity contribution in [2.75, 3.05) is 0 Å². The molecule has 116 valence electrons. The second-order valence-corrected chi connectivity index (χ2v) is 5.60. The zero-order valence-corrected chi connectivity index (χ0v) is 13.3. The third kappa shape index (κ3) is 2.82. The molecule has 2 aromatic carbocycles. The summed E-state index contributed by atoms with van der Waals surface area (Å²) in [5.74, 6) is 2.05. The van der Waals surface area contributed by atoms with Gasteiger partial charge in [0.1, 0.15) is 0 Å². The average Bonchev–Trinajstić information content (AvgIpc) is 3.09. The van der Waals surface area contributed by atoms with E-state index < -0.39 is 0 Å². The van der Waals surface area contributed by atoms with E-state index in [9.17, 15) is 0 Å². The van der Waals surface area contributed by atoms with Crippen molar-refractivity contribution in [1.82, 2.24) is 19.5 Å². The van der Waals surface area contributed by atoms with E-state index in [1.807, 2.05) is 90.7 Å². The Hall–Kier alpha value is -3.27. The first-order valence-electron chi connectivity index (χ1n) is 7.79. The van der Waals surface area contributed by atoms with Gasteiger partial charge in [0.2, 0.25) is 0 Å². The highest BCUT2D eigenvalue weighted by atomic mass is 15.0. The molecule has 4 heteroatoms. The van der Waals surface area contributed by atoms with Crippen LogP contribution in [0.1, 0.15) is 0 Å². The molecule has 0 aliphatic carbocycles. The first-order chi connectivity index (χ1) is 11.8. The van der Waals surface area contributed by atoms with Crippen LogP contribution < -0.4 is 0 Å². The van der Waals surface area contributed by atoms with Crippen LogP contribution in [0.3, 0.4) is 0 Å². The maximum Gasteiger partial charge on any atom is 0.165 e. The molecule has 0 atom stereocenters. The number of aryl methyl sites for hydroxylation is 1. The van der Waals surface area contributed by atoms with Crippen LogP contribution in [0.5, 0.6) is 0 Å². The first-order valence-corrected chi connectivity index (χ1v) is 7.79. The molecule has 0 spiro atoms. The largest absolute Gasteiger partial charge is 0.357 e. The zero-order chi connectivity index (χ0) is 16.4. The smallest absolute Gasteiger partial charge is 0.165 e. The number of hydrogen-bond acceptors (Lipinski definition) is 3. The van der Waals surface area contributed by atoms with Crippen molar-refractivity contribution in [3.05, 3.63) is 79.1 Å². The third-order valence-corrected chi connectivity index (χ3v) is 3.79. The van der Waals surface area contributed by atoms with Crippen LogP contribution in [0.15, 0.2) is 79.1 Å². The van der Waals surface area contributed by atoms with Gasteiger partial charge in [0.25, 0.3) is 0 Å². The molecule has 0 unspecified atom stereocenters. The van der Waals surface area contributed by atoms with Gasteiger partial charge in [0, 0.05) is 36.1 Å². The van der Waals surface area contributed by atoms with Crippen LogP contribution in [-0.2, 0) is 7.05 Å². The van der Waals surface area contributed by atoms with E-state index in [1.54, 1.807) is 0 Å². The normalized spacial score (nSPS) is 10.7. The number of nitrogens with zero attached hydrogens (tertiary/aromatic N) is 4. The monoisotopic (exact) mass is 312 g/mol. The van der Waals surface area contributed by atoms with Gasteiger partial charge in [-0.15, -0.1) is 0 Å². The Kier molecular flexibility index (Phi) is 3.63. The van der Waals surface area contributed by atoms with Crippen molar-refractivity contribution in [3.63, 3.8) is 0 Å². The molecule has 0 bridgehead atoms. The first kappa shape index (κ1) is 14.3. The lowest BCUT2D eigenvalue weighted by Crippen LogP contribution is -1.99. The van der Waals surface area contributed by atoms with E-state index in [0.29, 0.717) is 17.5 Å². The summed E-state index contributed by atoms with van der Waals surface area (Å²) in [7, 11) is 1.99. The predicted octanol–water partition coefficient (Wildman–Crippen LogP) is 4.21. The summed E-state index contributed by atoms with van der Waals surface area (Å²) in [5, 5.41) is 0. The third-order valence-electron chi connectivity index (χ3n) is 3.79. The lowest BCUT2D eigenvalue weighted by atomic mass is 10.2. The molecular weight excluding hydrogens is 296 g/mol. The molecule has 4 rings (SSSR count). The Balaban J connectivity index is 1.91. The molecule has 0 fully saturated rings. The molecule has 2 aromatic heterocycles. The van der Waals surface area contributed by atoms with Crippen molar-refractivity contribution >= 4 is 0 Å². The van der Waals surface area contributed by atoms with Gasteiger partial charge in [-0.3, -0.25) is 0 Å². The van der Waals surface area contributed by atoms with Crippen LogP contribution in [-0.4, -0.2) is 19.5 Å². The van der Waals surface area contributed by atoms with Gasteiger partial charge in [-0.25, -0.2) is 15.0 Å². The second-order valence-electron chi connectivity index (χ2n) is 5.60. The lowest BCUT2D eigenvalue weighted by Gasteiger charge is -2.07. The summed E-state index contributed by atoms with van der Waals surface area (Å²) in [6, 6.07) is 22.0. The minimum absolute atomic E-state index is 0.684. The molecule has 24 heavy (non-hydrogen) atoms. The average molecular weight is 312 g/mol. The highest BCUT2D eigenvalue weighted by Gasteiger charge is 2.12. The molecule has 4 nitrogen and oxygen atoms in total. The minimum atomic E-state index is 0.684. The van der Waals surface area contributed by atoms with Gasteiger partial charge in [-0.2, -0.15) is 0 Å². The van der Waals surface area contributed by atoms with E-state index >= 15 is 0 Å². The van der Waals surface area contributed by atoms with Gasteiger partial charge in [0.15, 0.2) is 17.5 Å². The van der Waals surface area contributed by atoms with Crippen molar-refractivity contribution < 1.29 is 0 Å². The van der Waals surface area contributed by atoms with Crippen LogP contribution in [0.4, 0.5) is 0 Å². The molecule has 4 aromatic rings. The number of aromatic nitrogens is 4. The van der Waals surface area contributed by atoms with Crippen LogP contribution in [0, 0.1) is 0 Å². The second kappa shape index (κ2) is 6.08. The molecule has 0 N–H and O–H groups in total. The van der Waals surface area contributed by atoms with E-state index in [0.717, 1.165) is 16.7 Å². The number of rotatable bonds is 3. The Bertz CT molecular complexity index is 902. The molecule has 0 saturated carbocycles. The highest BCUT2D eigenvalue weighted by molar-refractivity contribution is 5.65. The van der Waals surface area contributed by atoms with Gasteiger partial charge >= 0.3 is 0 Å². The van der Waals surface area contributed by atoms with Gasteiger partial charge in [-0.1, -0.05) is 60.7 Å².